The molecule has 18 heavy (non-hydrogen) atoms. The molecule has 1 aromatic carbocycles. The van der Waals surface area contributed by atoms with Crippen LogP contribution >= 0.6 is 11.8 Å². The Hall–Kier alpha value is -1.24. The molecule has 0 aromatic heterocycles. The number of hydrogen-bond donors (Lipinski definition) is 2. The number of rotatable bonds is 5. The largest absolute Gasteiger partial charge is 0.389 e. The van der Waals surface area contributed by atoms with Crippen molar-refractivity contribution in [2.75, 3.05) is 5.75 Å². The lowest BCUT2D eigenvalue weighted by Crippen LogP contribution is -2.22. The molecule has 98 valence electrons. The Labute approximate surface area is 108 Å². The van der Waals surface area contributed by atoms with Gasteiger partial charge in [0.1, 0.15) is 18.2 Å². The van der Waals surface area contributed by atoms with Gasteiger partial charge >= 0.3 is 0 Å². The zero-order chi connectivity index (χ0) is 13.7. The van der Waals surface area contributed by atoms with E-state index in [1.165, 1.54) is 19.1 Å². The van der Waals surface area contributed by atoms with Crippen molar-refractivity contribution in [1.29, 1.82) is 0 Å². The fraction of sp³-hybridized carbons (Fsp3) is 0.333. The highest BCUT2D eigenvalue weighted by atomic mass is 32.2. The number of aliphatic hydroxyl groups is 2. The second-order valence-corrected chi connectivity index (χ2v) is 4.91. The minimum Gasteiger partial charge on any atom is -0.389 e. The van der Waals surface area contributed by atoms with Gasteiger partial charge in [0.2, 0.25) is 0 Å². The SMILES string of the molecule is CC(=O)SCC(O)C(O)c1cc(C=O)ccc1F. The summed E-state index contributed by atoms with van der Waals surface area (Å²) in [6.07, 6.45) is -2.24. The molecule has 0 radical (unpaired) electrons. The van der Waals surface area contributed by atoms with Gasteiger partial charge in [0.25, 0.3) is 0 Å². The van der Waals surface area contributed by atoms with E-state index in [2.05, 4.69) is 0 Å². The predicted molar refractivity (Wildman–Crippen MR) is 65.9 cm³/mol. The van der Waals surface area contributed by atoms with Crippen LogP contribution in [0.5, 0.6) is 0 Å². The van der Waals surface area contributed by atoms with Gasteiger partial charge in [-0.3, -0.25) is 9.59 Å². The summed E-state index contributed by atoms with van der Waals surface area (Å²) in [6.45, 7) is 1.33. The van der Waals surface area contributed by atoms with E-state index in [0.29, 0.717) is 6.29 Å². The lowest BCUT2D eigenvalue weighted by Gasteiger charge is -2.18. The molecule has 0 aliphatic heterocycles. The summed E-state index contributed by atoms with van der Waals surface area (Å²) in [4.78, 5) is 21.3. The Morgan fingerprint density at radius 2 is 2.17 bits per heavy atom. The van der Waals surface area contributed by atoms with Gasteiger partial charge in [0, 0.05) is 23.8 Å². The average Bonchev–Trinajstić information content (AvgIpc) is 2.35. The molecule has 2 atom stereocenters. The molecule has 0 saturated heterocycles. The van der Waals surface area contributed by atoms with Crippen LogP contribution in [0, 0.1) is 5.82 Å². The lowest BCUT2D eigenvalue weighted by molar-refractivity contribution is -0.109. The van der Waals surface area contributed by atoms with Crippen molar-refractivity contribution in [3.8, 4) is 0 Å². The van der Waals surface area contributed by atoms with E-state index >= 15 is 0 Å². The number of halogens is 1. The molecule has 0 heterocycles. The molecule has 0 fully saturated rings. The minimum atomic E-state index is -1.48. The molecule has 2 unspecified atom stereocenters. The maximum Gasteiger partial charge on any atom is 0.185 e. The summed E-state index contributed by atoms with van der Waals surface area (Å²) < 4.78 is 13.5. The van der Waals surface area contributed by atoms with Crippen LogP contribution in [0.4, 0.5) is 4.39 Å². The fourth-order valence-electron chi connectivity index (χ4n) is 1.36. The van der Waals surface area contributed by atoms with Crippen LogP contribution in [0.1, 0.15) is 28.9 Å². The number of benzene rings is 1. The summed E-state index contributed by atoms with van der Waals surface area (Å²) >= 11 is 0.837. The van der Waals surface area contributed by atoms with Crippen LogP contribution in [0.3, 0.4) is 0 Å². The normalized spacial score (nSPS) is 14.0. The zero-order valence-electron chi connectivity index (χ0n) is 9.67. The van der Waals surface area contributed by atoms with Crippen LogP contribution in [0.2, 0.25) is 0 Å². The van der Waals surface area contributed by atoms with Crippen molar-refractivity contribution in [2.45, 2.75) is 19.1 Å². The van der Waals surface area contributed by atoms with Crippen molar-refractivity contribution in [1.82, 2.24) is 0 Å². The topological polar surface area (TPSA) is 74.6 Å². The Kier molecular flexibility index (Phi) is 5.46. The Morgan fingerprint density at radius 3 is 2.72 bits per heavy atom. The van der Waals surface area contributed by atoms with Crippen molar-refractivity contribution in [3.63, 3.8) is 0 Å². The molecule has 2 N–H and O–H groups in total. The highest BCUT2D eigenvalue weighted by molar-refractivity contribution is 8.13. The van der Waals surface area contributed by atoms with Gasteiger partial charge in [0.05, 0.1) is 6.10 Å². The smallest absolute Gasteiger partial charge is 0.185 e. The predicted octanol–water partition coefficient (Wildman–Crippen LogP) is 1.31. The first-order valence-electron chi connectivity index (χ1n) is 5.19. The van der Waals surface area contributed by atoms with Crippen LogP contribution in [-0.4, -0.2) is 33.5 Å². The quantitative estimate of drug-likeness (QED) is 0.791. The van der Waals surface area contributed by atoms with Gasteiger partial charge in [-0.05, 0) is 18.2 Å². The molecule has 0 bridgehead atoms. The highest BCUT2D eigenvalue weighted by Crippen LogP contribution is 2.23. The standard InChI is InChI=1S/C12H13FO4S/c1-7(15)18-6-11(16)12(17)9-4-8(5-14)2-3-10(9)13/h2-5,11-12,16-17H,6H2,1H3. The average molecular weight is 272 g/mol. The molecule has 0 spiro atoms. The molecule has 0 amide bonds. The molecule has 1 aromatic rings. The van der Waals surface area contributed by atoms with E-state index in [4.69, 9.17) is 0 Å². The van der Waals surface area contributed by atoms with Gasteiger partial charge < -0.3 is 10.2 Å². The Bertz CT molecular complexity index is 450. The molecule has 0 aliphatic carbocycles. The van der Waals surface area contributed by atoms with Crippen molar-refractivity contribution in [3.05, 3.63) is 35.1 Å². The number of carbonyl (C=O) groups excluding carboxylic acids is 2. The maximum atomic E-state index is 13.5. The third-order valence-electron chi connectivity index (χ3n) is 2.30. The summed E-state index contributed by atoms with van der Waals surface area (Å²) in [5.74, 6) is -0.749. The molecular weight excluding hydrogens is 259 g/mol. The summed E-state index contributed by atoms with van der Waals surface area (Å²) in [6, 6.07) is 3.50. The second-order valence-electron chi connectivity index (χ2n) is 3.71. The molecular formula is C12H13FO4S. The van der Waals surface area contributed by atoms with E-state index in [-0.39, 0.29) is 22.0 Å². The van der Waals surface area contributed by atoms with Crippen LogP contribution in [0.25, 0.3) is 0 Å². The summed E-state index contributed by atoms with van der Waals surface area (Å²) in [7, 11) is 0. The fourth-order valence-corrected chi connectivity index (χ4v) is 1.95. The number of aliphatic hydroxyl groups excluding tert-OH is 2. The van der Waals surface area contributed by atoms with Gasteiger partial charge in [-0.25, -0.2) is 4.39 Å². The number of carbonyl (C=O) groups is 2. The third kappa shape index (κ3) is 3.90. The second kappa shape index (κ2) is 6.63. The Balaban J connectivity index is 2.84. The summed E-state index contributed by atoms with van der Waals surface area (Å²) in [5.41, 5.74) is 0.0492. The van der Waals surface area contributed by atoms with E-state index in [1.807, 2.05) is 0 Å². The molecule has 4 nitrogen and oxygen atoms in total. The lowest BCUT2D eigenvalue weighted by atomic mass is 10.0. The van der Waals surface area contributed by atoms with Crippen molar-refractivity contribution in [2.24, 2.45) is 0 Å². The minimum absolute atomic E-state index is 0.0404. The van der Waals surface area contributed by atoms with Gasteiger partial charge in [0.15, 0.2) is 5.12 Å². The first-order chi connectivity index (χ1) is 8.45. The first kappa shape index (κ1) is 14.8. The van der Waals surface area contributed by atoms with E-state index in [1.54, 1.807) is 0 Å². The number of thioether (sulfide) groups is 1. The molecule has 1 rings (SSSR count). The maximum absolute atomic E-state index is 13.5. The van der Waals surface area contributed by atoms with Crippen LogP contribution in [0.15, 0.2) is 18.2 Å². The van der Waals surface area contributed by atoms with E-state index in [0.717, 1.165) is 17.8 Å². The first-order valence-corrected chi connectivity index (χ1v) is 6.18. The van der Waals surface area contributed by atoms with Gasteiger partial charge in [-0.2, -0.15) is 0 Å². The monoisotopic (exact) mass is 272 g/mol. The number of aldehydes is 1. The zero-order valence-corrected chi connectivity index (χ0v) is 10.5. The van der Waals surface area contributed by atoms with Gasteiger partial charge in [-0.15, -0.1) is 0 Å². The van der Waals surface area contributed by atoms with Gasteiger partial charge in [-0.1, -0.05) is 11.8 Å². The van der Waals surface area contributed by atoms with Crippen LogP contribution in [-0.2, 0) is 4.79 Å². The van der Waals surface area contributed by atoms with E-state index < -0.39 is 18.0 Å². The van der Waals surface area contributed by atoms with Crippen LogP contribution < -0.4 is 0 Å². The number of hydrogen-bond acceptors (Lipinski definition) is 5. The third-order valence-corrected chi connectivity index (χ3v) is 3.21. The highest BCUT2D eigenvalue weighted by Gasteiger charge is 2.22. The molecule has 0 saturated carbocycles. The molecule has 6 heteroatoms. The van der Waals surface area contributed by atoms with Crippen molar-refractivity contribution < 1.29 is 24.2 Å². The summed E-state index contributed by atoms with van der Waals surface area (Å²) in [5, 5.41) is 19.2. The Morgan fingerprint density at radius 1 is 1.50 bits per heavy atom. The van der Waals surface area contributed by atoms with Crippen molar-refractivity contribution >= 4 is 23.2 Å². The molecule has 0 aliphatic rings. The van der Waals surface area contributed by atoms with E-state index in [9.17, 15) is 24.2 Å².